The predicted molar refractivity (Wildman–Crippen MR) is 113 cm³/mol. The van der Waals surface area contributed by atoms with Crippen LogP contribution in [0.25, 0.3) is 0 Å². The van der Waals surface area contributed by atoms with Crippen LogP contribution in [0.3, 0.4) is 0 Å². The third kappa shape index (κ3) is 12.0. The Balaban J connectivity index is 5.11. The topological polar surface area (TPSA) is 145 Å². The molecule has 4 unspecified atom stereocenters. The van der Waals surface area contributed by atoms with E-state index in [1.807, 2.05) is 27.7 Å². The molecule has 3 amide bonds. The Morgan fingerprint density at radius 3 is 2.07 bits per heavy atom. The zero-order valence-electron chi connectivity index (χ0n) is 18.0. The lowest BCUT2D eigenvalue weighted by Crippen LogP contribution is -2.40. The number of amides is 3. The van der Waals surface area contributed by atoms with Gasteiger partial charge in [0.15, 0.2) is 6.29 Å². The number of ether oxygens (including phenoxy) is 1. The second-order valence-corrected chi connectivity index (χ2v) is 8.62. The van der Waals surface area contributed by atoms with Gasteiger partial charge < -0.3 is 26.6 Å². The van der Waals surface area contributed by atoms with Crippen molar-refractivity contribution in [2.75, 3.05) is 19.0 Å². The number of primary amides is 2. The Morgan fingerprint density at radius 2 is 1.62 bits per heavy atom. The maximum absolute atomic E-state index is 12.8. The first kappa shape index (κ1) is 27.6. The Morgan fingerprint density at radius 1 is 1.00 bits per heavy atom. The zero-order chi connectivity index (χ0) is 22.6. The molecule has 0 aromatic rings. The highest BCUT2D eigenvalue weighted by molar-refractivity contribution is 6.17. The number of nitrogens with one attached hydrogen (secondary N) is 1. The van der Waals surface area contributed by atoms with Gasteiger partial charge in [-0.3, -0.25) is 14.4 Å². The molecule has 0 bridgehead atoms. The lowest BCUT2D eigenvalue weighted by atomic mass is 9.79. The average Bonchev–Trinajstić information content (AvgIpc) is 2.60. The van der Waals surface area contributed by atoms with Crippen LogP contribution in [-0.4, -0.2) is 48.1 Å². The van der Waals surface area contributed by atoms with Crippen LogP contribution < -0.4 is 16.8 Å². The van der Waals surface area contributed by atoms with E-state index >= 15 is 0 Å². The van der Waals surface area contributed by atoms with Crippen LogP contribution in [0, 0.1) is 29.6 Å². The quantitative estimate of drug-likeness (QED) is 0.164. The van der Waals surface area contributed by atoms with E-state index in [9.17, 15) is 19.5 Å². The van der Waals surface area contributed by atoms with Gasteiger partial charge in [-0.15, -0.1) is 11.6 Å². The fourth-order valence-electron chi connectivity index (χ4n) is 3.26. The molecule has 0 heterocycles. The number of nitrogens with two attached hydrogens (primary N) is 2. The summed E-state index contributed by atoms with van der Waals surface area (Å²) in [6, 6.07) is 0. The van der Waals surface area contributed by atoms with Crippen LogP contribution in [0.15, 0.2) is 0 Å². The highest BCUT2D eigenvalue weighted by atomic mass is 35.5. The molecule has 170 valence electrons. The molecule has 0 rings (SSSR count). The molecule has 0 spiro atoms. The summed E-state index contributed by atoms with van der Waals surface area (Å²) in [6.07, 6.45) is 0.380. The van der Waals surface area contributed by atoms with Crippen molar-refractivity contribution in [3.63, 3.8) is 0 Å². The summed E-state index contributed by atoms with van der Waals surface area (Å²) in [5.41, 5.74) is 11.1. The fourth-order valence-corrected chi connectivity index (χ4v) is 3.45. The van der Waals surface area contributed by atoms with Crippen LogP contribution in [0.1, 0.15) is 53.4 Å². The lowest BCUT2D eigenvalue weighted by molar-refractivity contribution is -0.130. The highest BCUT2D eigenvalue weighted by Crippen LogP contribution is 2.28. The second kappa shape index (κ2) is 14.6. The maximum Gasteiger partial charge on any atom is 0.223 e. The van der Waals surface area contributed by atoms with Gasteiger partial charge in [-0.2, -0.15) is 0 Å². The molecule has 29 heavy (non-hydrogen) atoms. The normalized spacial score (nSPS) is 15.7. The van der Waals surface area contributed by atoms with Crippen molar-refractivity contribution < 1.29 is 24.2 Å². The van der Waals surface area contributed by atoms with Crippen LogP contribution in [0.5, 0.6) is 0 Å². The van der Waals surface area contributed by atoms with Crippen LogP contribution >= 0.6 is 11.6 Å². The van der Waals surface area contributed by atoms with Gasteiger partial charge in [0, 0.05) is 36.6 Å². The molecule has 8 nitrogen and oxygen atoms in total. The van der Waals surface area contributed by atoms with Crippen LogP contribution in [-0.2, 0) is 19.1 Å². The monoisotopic (exact) mass is 435 g/mol. The molecule has 0 saturated carbocycles. The molecule has 0 saturated heterocycles. The van der Waals surface area contributed by atoms with E-state index in [0.717, 1.165) is 0 Å². The van der Waals surface area contributed by atoms with E-state index in [2.05, 4.69) is 5.32 Å². The second-order valence-electron chi connectivity index (χ2n) is 8.24. The molecular weight excluding hydrogens is 398 g/mol. The molecular formula is C20H38ClN3O5. The number of aliphatic hydroxyl groups is 1. The highest BCUT2D eigenvalue weighted by Gasteiger charge is 2.32. The molecule has 0 aromatic carbocycles. The smallest absolute Gasteiger partial charge is 0.223 e. The standard InChI is InChI=1S/C20H38ClN3O5/c1-12(2)9-14(18(22)26)10-15(11-16(13(3)4)19(23)27)20(28)24-7-8-29-17(25)5-6-21/h12-17,25H,5-11H2,1-4H3,(H2,22,26)(H2,23,27)(H,24,28). The number of carbonyl (C=O) groups is 3. The molecule has 6 N–H and O–H groups in total. The Hall–Kier alpha value is -1.38. The lowest BCUT2D eigenvalue weighted by Gasteiger charge is -2.26. The van der Waals surface area contributed by atoms with Gasteiger partial charge >= 0.3 is 0 Å². The van der Waals surface area contributed by atoms with E-state index in [1.54, 1.807) is 0 Å². The van der Waals surface area contributed by atoms with Crippen LogP contribution in [0.4, 0.5) is 0 Å². The summed E-state index contributed by atoms with van der Waals surface area (Å²) in [5.74, 6) is -2.27. The van der Waals surface area contributed by atoms with Gasteiger partial charge in [-0.1, -0.05) is 27.7 Å². The number of carbonyl (C=O) groups excluding carboxylic acids is 3. The van der Waals surface area contributed by atoms with E-state index in [4.69, 9.17) is 27.8 Å². The van der Waals surface area contributed by atoms with Crippen molar-refractivity contribution in [1.29, 1.82) is 0 Å². The molecule has 0 aliphatic carbocycles. The van der Waals surface area contributed by atoms with Crippen molar-refractivity contribution in [3.05, 3.63) is 0 Å². The molecule has 0 aliphatic rings. The van der Waals surface area contributed by atoms with Gasteiger partial charge in [-0.25, -0.2) is 0 Å². The zero-order valence-corrected chi connectivity index (χ0v) is 18.8. The number of aliphatic hydroxyl groups excluding tert-OH is 1. The van der Waals surface area contributed by atoms with Crippen LogP contribution in [0.2, 0.25) is 0 Å². The minimum absolute atomic E-state index is 0.0334. The number of hydrogen-bond acceptors (Lipinski definition) is 5. The molecule has 4 atom stereocenters. The molecule has 0 fully saturated rings. The summed E-state index contributed by atoms with van der Waals surface area (Å²) < 4.78 is 5.15. The maximum atomic E-state index is 12.8. The van der Waals surface area contributed by atoms with Crippen molar-refractivity contribution in [2.24, 2.45) is 41.1 Å². The largest absolute Gasteiger partial charge is 0.369 e. The molecule has 0 aliphatic heterocycles. The summed E-state index contributed by atoms with van der Waals surface area (Å²) in [7, 11) is 0. The molecule has 9 heteroatoms. The third-order valence-corrected chi connectivity index (χ3v) is 5.09. The third-order valence-electron chi connectivity index (χ3n) is 4.87. The van der Waals surface area contributed by atoms with Gasteiger partial charge in [0.05, 0.1) is 6.61 Å². The first-order chi connectivity index (χ1) is 13.5. The minimum atomic E-state index is -0.981. The van der Waals surface area contributed by atoms with E-state index in [0.29, 0.717) is 12.8 Å². The molecule has 0 aromatic heterocycles. The number of halogens is 1. The Bertz CT molecular complexity index is 516. The van der Waals surface area contributed by atoms with E-state index < -0.39 is 35.9 Å². The van der Waals surface area contributed by atoms with E-state index in [-0.39, 0.29) is 49.6 Å². The van der Waals surface area contributed by atoms with E-state index in [1.165, 1.54) is 0 Å². The fraction of sp³-hybridized carbons (Fsp3) is 0.850. The first-order valence-electron chi connectivity index (χ1n) is 10.2. The van der Waals surface area contributed by atoms with Crippen molar-refractivity contribution in [1.82, 2.24) is 5.32 Å². The number of rotatable bonds is 16. The average molecular weight is 436 g/mol. The number of alkyl halides is 1. The van der Waals surface area contributed by atoms with Gasteiger partial charge in [0.2, 0.25) is 17.7 Å². The Labute approximate surface area is 179 Å². The summed E-state index contributed by atoms with van der Waals surface area (Å²) in [5, 5.41) is 12.3. The summed E-state index contributed by atoms with van der Waals surface area (Å²) >= 11 is 5.53. The SMILES string of the molecule is CC(C)CC(CC(CC(C(N)=O)C(C)C)C(=O)NCCOC(O)CCCl)C(N)=O. The van der Waals surface area contributed by atoms with Gasteiger partial charge in [0.1, 0.15) is 0 Å². The van der Waals surface area contributed by atoms with Crippen molar-refractivity contribution in [2.45, 2.75) is 59.7 Å². The molecule has 0 radical (unpaired) electrons. The number of hydrogen-bond donors (Lipinski definition) is 4. The summed E-state index contributed by atoms with van der Waals surface area (Å²) in [6.45, 7) is 8.00. The van der Waals surface area contributed by atoms with Crippen molar-refractivity contribution in [3.8, 4) is 0 Å². The van der Waals surface area contributed by atoms with Gasteiger partial charge in [-0.05, 0) is 31.1 Å². The summed E-state index contributed by atoms with van der Waals surface area (Å²) in [4.78, 5) is 36.5. The predicted octanol–water partition coefficient (Wildman–Crippen LogP) is 1.37. The van der Waals surface area contributed by atoms with Crippen molar-refractivity contribution >= 4 is 29.3 Å². The first-order valence-corrected chi connectivity index (χ1v) is 10.7. The minimum Gasteiger partial charge on any atom is -0.369 e. The van der Waals surface area contributed by atoms with Gasteiger partial charge in [0.25, 0.3) is 0 Å². The Kier molecular flexibility index (Phi) is 13.9.